The summed E-state index contributed by atoms with van der Waals surface area (Å²) >= 11 is 0. The Labute approximate surface area is 307 Å². The van der Waals surface area contributed by atoms with Crippen LogP contribution in [0.4, 0.5) is 0 Å². The molecule has 0 aliphatic rings. The number of aliphatic hydroxyl groups excluding tert-OH is 1. The molecule has 0 aromatic heterocycles. The first-order valence-electron chi connectivity index (χ1n) is 17.8. The maximum atomic E-state index is 13.7. The fraction of sp³-hybridized carbons (Fsp3) is 0.295. The van der Waals surface area contributed by atoms with Crippen LogP contribution >= 0.6 is 0 Å². The Kier molecular flexibility index (Phi) is 16.4. The van der Waals surface area contributed by atoms with Crippen molar-refractivity contribution < 1.29 is 29.0 Å². The van der Waals surface area contributed by atoms with Crippen molar-refractivity contribution in [3.8, 4) is 5.75 Å². The van der Waals surface area contributed by atoms with Crippen molar-refractivity contribution in [2.45, 2.75) is 57.2 Å². The Morgan fingerprint density at radius 1 is 0.635 bits per heavy atom. The summed E-state index contributed by atoms with van der Waals surface area (Å²) < 4.78 is 11.8. The van der Waals surface area contributed by atoms with E-state index in [1.165, 1.54) is 0 Å². The number of ether oxygens (including phenoxy) is 2. The molecule has 0 saturated heterocycles. The maximum absolute atomic E-state index is 13.7. The summed E-state index contributed by atoms with van der Waals surface area (Å²) in [5.41, 5.74) is 3.96. The van der Waals surface area contributed by atoms with Gasteiger partial charge in [-0.1, -0.05) is 115 Å². The number of allylic oxidation sites excluding steroid dienone is 2. The van der Waals surface area contributed by atoms with Gasteiger partial charge in [-0.2, -0.15) is 0 Å². The molecule has 0 radical (unpaired) electrons. The van der Waals surface area contributed by atoms with E-state index in [4.69, 9.17) is 9.47 Å². The van der Waals surface area contributed by atoms with Gasteiger partial charge in [0, 0.05) is 6.42 Å². The van der Waals surface area contributed by atoms with Gasteiger partial charge in [0.05, 0.1) is 30.5 Å². The second kappa shape index (κ2) is 21.7. The summed E-state index contributed by atoms with van der Waals surface area (Å²) in [6.45, 7) is 7.77. The number of nitrogens with one attached hydrogen (secondary N) is 2. The number of carbonyl (C=O) groups is 3. The molecule has 0 saturated carbocycles. The predicted octanol–water partition coefficient (Wildman–Crippen LogP) is 6.57. The highest BCUT2D eigenvalue weighted by Gasteiger charge is 2.27. The quantitative estimate of drug-likeness (QED) is 0.0631. The van der Waals surface area contributed by atoms with Gasteiger partial charge in [0.2, 0.25) is 11.8 Å². The summed E-state index contributed by atoms with van der Waals surface area (Å²) in [5.74, 6) is -1.51. The SMILES string of the molecule is C=CCC(CC(=O)NC(CO)Cc1ccccc1)C(=O)NC(COC(=O)C(CC=C)Cc1ccccc1)Cc1ccc(OCc2ccccc2)cc1. The molecular formula is C44H50N2O6. The molecule has 4 aromatic rings. The minimum atomic E-state index is -0.716. The van der Waals surface area contributed by atoms with Crippen molar-refractivity contribution in [1.82, 2.24) is 10.6 Å². The molecule has 52 heavy (non-hydrogen) atoms. The van der Waals surface area contributed by atoms with E-state index < -0.39 is 23.9 Å². The fourth-order valence-electron chi connectivity index (χ4n) is 5.94. The van der Waals surface area contributed by atoms with E-state index in [-0.39, 0.29) is 43.8 Å². The molecule has 0 spiro atoms. The molecule has 0 aliphatic carbocycles. The van der Waals surface area contributed by atoms with Crippen molar-refractivity contribution >= 4 is 17.8 Å². The summed E-state index contributed by atoms with van der Waals surface area (Å²) in [4.78, 5) is 40.2. The first kappa shape index (κ1) is 39.3. The van der Waals surface area contributed by atoms with Gasteiger partial charge in [-0.3, -0.25) is 14.4 Å². The lowest BCUT2D eigenvalue weighted by atomic mass is 9.96. The van der Waals surface area contributed by atoms with E-state index in [9.17, 15) is 19.5 Å². The van der Waals surface area contributed by atoms with Gasteiger partial charge in [-0.15, -0.1) is 13.2 Å². The lowest BCUT2D eigenvalue weighted by Gasteiger charge is -2.24. The molecule has 4 unspecified atom stereocenters. The average Bonchev–Trinajstić information content (AvgIpc) is 3.17. The van der Waals surface area contributed by atoms with E-state index in [0.717, 1.165) is 22.3 Å². The minimum Gasteiger partial charge on any atom is -0.489 e. The monoisotopic (exact) mass is 702 g/mol. The van der Waals surface area contributed by atoms with Crippen LogP contribution in [0.1, 0.15) is 41.5 Å². The zero-order chi connectivity index (χ0) is 37.0. The van der Waals surface area contributed by atoms with Crippen LogP contribution in [0.2, 0.25) is 0 Å². The number of aliphatic hydroxyl groups is 1. The molecular weight excluding hydrogens is 652 g/mol. The molecule has 4 aromatic carbocycles. The van der Waals surface area contributed by atoms with E-state index in [0.29, 0.717) is 38.0 Å². The van der Waals surface area contributed by atoms with Crippen molar-refractivity contribution in [2.24, 2.45) is 11.8 Å². The van der Waals surface area contributed by atoms with Gasteiger partial charge in [0.25, 0.3) is 0 Å². The van der Waals surface area contributed by atoms with Crippen LogP contribution in [-0.4, -0.2) is 48.2 Å². The van der Waals surface area contributed by atoms with Crippen molar-refractivity contribution in [3.05, 3.63) is 163 Å². The second-order valence-corrected chi connectivity index (χ2v) is 12.9. The Balaban J connectivity index is 1.43. The molecule has 8 nitrogen and oxygen atoms in total. The summed E-state index contributed by atoms with van der Waals surface area (Å²) in [6.07, 6.45) is 5.27. The molecule has 272 valence electrons. The lowest BCUT2D eigenvalue weighted by molar-refractivity contribution is -0.149. The second-order valence-electron chi connectivity index (χ2n) is 12.9. The molecule has 2 amide bonds. The number of hydrogen-bond acceptors (Lipinski definition) is 6. The molecule has 0 heterocycles. The molecule has 8 heteroatoms. The van der Waals surface area contributed by atoms with Crippen LogP contribution in [0.15, 0.2) is 141 Å². The van der Waals surface area contributed by atoms with Crippen molar-refractivity contribution in [2.75, 3.05) is 13.2 Å². The Morgan fingerprint density at radius 2 is 1.15 bits per heavy atom. The highest BCUT2D eigenvalue weighted by atomic mass is 16.5. The number of hydrogen-bond donors (Lipinski definition) is 3. The number of benzene rings is 4. The van der Waals surface area contributed by atoms with E-state index in [1.807, 2.05) is 115 Å². The molecule has 4 atom stereocenters. The third-order valence-corrected chi connectivity index (χ3v) is 8.70. The maximum Gasteiger partial charge on any atom is 0.309 e. The van der Waals surface area contributed by atoms with Crippen LogP contribution in [0, 0.1) is 11.8 Å². The zero-order valence-corrected chi connectivity index (χ0v) is 29.7. The van der Waals surface area contributed by atoms with E-state index in [2.05, 4.69) is 23.8 Å². The number of rotatable bonds is 22. The first-order chi connectivity index (χ1) is 25.4. The normalized spacial score (nSPS) is 13.1. The third kappa shape index (κ3) is 13.7. The van der Waals surface area contributed by atoms with E-state index in [1.54, 1.807) is 12.2 Å². The fourth-order valence-corrected chi connectivity index (χ4v) is 5.94. The van der Waals surface area contributed by atoms with Gasteiger partial charge in [-0.05, 0) is 66.5 Å². The smallest absolute Gasteiger partial charge is 0.309 e. The highest BCUT2D eigenvalue weighted by Crippen LogP contribution is 2.19. The van der Waals surface area contributed by atoms with E-state index >= 15 is 0 Å². The van der Waals surface area contributed by atoms with Crippen LogP contribution in [0.3, 0.4) is 0 Å². The van der Waals surface area contributed by atoms with Gasteiger partial charge in [-0.25, -0.2) is 0 Å². The average molecular weight is 703 g/mol. The number of carbonyl (C=O) groups excluding carboxylic acids is 3. The van der Waals surface area contributed by atoms with Crippen LogP contribution in [0.25, 0.3) is 0 Å². The van der Waals surface area contributed by atoms with Crippen molar-refractivity contribution in [3.63, 3.8) is 0 Å². The third-order valence-electron chi connectivity index (χ3n) is 8.70. The standard InChI is InChI=1S/C44H50N2O6/c1-3-14-37(29-42(48)45-39(30-47)27-34-18-10-6-11-19-34)43(49)46-40(32-52-44(50)38(15-4-2)26-33-16-8-5-9-17-33)28-35-22-24-41(25-23-35)51-31-36-20-12-7-13-21-36/h3-13,16-25,37-40,47H,1-2,14-15,26-32H2,(H,45,48)(H,46,49). The number of amides is 2. The molecule has 0 aliphatic heterocycles. The largest absolute Gasteiger partial charge is 0.489 e. The predicted molar refractivity (Wildman–Crippen MR) is 204 cm³/mol. The summed E-state index contributed by atoms with van der Waals surface area (Å²) in [6, 6.07) is 35.7. The highest BCUT2D eigenvalue weighted by molar-refractivity contribution is 5.86. The Hall–Kier alpha value is -5.47. The van der Waals surface area contributed by atoms with Crippen LogP contribution in [-0.2, 0) is 45.0 Å². The molecule has 0 bridgehead atoms. The topological polar surface area (TPSA) is 114 Å². The van der Waals surface area contributed by atoms with Gasteiger partial charge in [0.1, 0.15) is 19.0 Å². The van der Waals surface area contributed by atoms with Gasteiger partial charge in [0.15, 0.2) is 0 Å². The Bertz CT molecular complexity index is 1680. The van der Waals surface area contributed by atoms with Gasteiger partial charge < -0.3 is 25.2 Å². The molecule has 3 N–H and O–H groups in total. The first-order valence-corrected chi connectivity index (χ1v) is 17.8. The molecule has 0 fully saturated rings. The number of esters is 1. The lowest BCUT2D eigenvalue weighted by Crippen LogP contribution is -2.45. The minimum absolute atomic E-state index is 0.0596. The van der Waals surface area contributed by atoms with Gasteiger partial charge >= 0.3 is 5.97 Å². The van der Waals surface area contributed by atoms with Crippen molar-refractivity contribution in [1.29, 1.82) is 0 Å². The van der Waals surface area contributed by atoms with Crippen LogP contribution < -0.4 is 15.4 Å². The zero-order valence-electron chi connectivity index (χ0n) is 29.7. The molecule has 4 rings (SSSR count). The summed E-state index contributed by atoms with van der Waals surface area (Å²) in [7, 11) is 0. The Morgan fingerprint density at radius 3 is 1.73 bits per heavy atom. The summed E-state index contributed by atoms with van der Waals surface area (Å²) in [5, 5.41) is 15.9. The van der Waals surface area contributed by atoms with Crippen LogP contribution in [0.5, 0.6) is 5.75 Å².